The Morgan fingerprint density at radius 1 is 1.25 bits per heavy atom. The predicted octanol–water partition coefficient (Wildman–Crippen LogP) is 3.86. The summed E-state index contributed by atoms with van der Waals surface area (Å²) in [6.45, 7) is 2.50. The van der Waals surface area contributed by atoms with Crippen molar-refractivity contribution in [1.82, 2.24) is 19.9 Å². The number of hydrogen-bond donors (Lipinski definition) is 4. The molecule has 0 amide bonds. The molecule has 0 bridgehead atoms. The number of aromatic nitrogens is 4. The highest BCUT2D eigenvalue weighted by atomic mass is 35.5. The van der Waals surface area contributed by atoms with Crippen molar-refractivity contribution in [3.8, 4) is 5.75 Å². The van der Waals surface area contributed by atoms with Crippen LogP contribution in [0.3, 0.4) is 0 Å². The highest BCUT2D eigenvalue weighted by molar-refractivity contribution is 6.33. The number of aliphatic hydroxyl groups is 1. The van der Waals surface area contributed by atoms with Crippen molar-refractivity contribution in [2.75, 3.05) is 17.2 Å². The lowest BCUT2D eigenvalue weighted by Gasteiger charge is -2.26. The average Bonchev–Trinajstić information content (AvgIpc) is 3.15. The SMILES string of the molecule is CCOc1ccc(Nc2nc(NC3CCC(O)CC3)c3nc[nH]c3n2)c(Cl)c1. The Bertz CT molecular complexity index is 955. The van der Waals surface area contributed by atoms with Crippen molar-refractivity contribution in [1.29, 1.82) is 0 Å². The molecule has 2 heterocycles. The van der Waals surface area contributed by atoms with Crippen molar-refractivity contribution in [2.24, 2.45) is 0 Å². The van der Waals surface area contributed by atoms with Gasteiger partial charge in [-0.05, 0) is 44.7 Å². The first kappa shape index (κ1) is 18.8. The van der Waals surface area contributed by atoms with Crippen LogP contribution in [0, 0.1) is 0 Å². The number of hydrogen-bond acceptors (Lipinski definition) is 7. The molecule has 3 aromatic rings. The molecular weight excluding hydrogens is 380 g/mol. The van der Waals surface area contributed by atoms with E-state index in [4.69, 9.17) is 16.3 Å². The molecule has 28 heavy (non-hydrogen) atoms. The summed E-state index contributed by atoms with van der Waals surface area (Å²) in [6, 6.07) is 5.69. The number of aromatic amines is 1. The van der Waals surface area contributed by atoms with E-state index < -0.39 is 0 Å². The number of nitrogens with zero attached hydrogens (tertiary/aromatic N) is 3. The molecule has 1 fully saturated rings. The van der Waals surface area contributed by atoms with Gasteiger partial charge in [0, 0.05) is 12.1 Å². The molecule has 2 aromatic heterocycles. The summed E-state index contributed by atoms with van der Waals surface area (Å²) < 4.78 is 5.47. The maximum atomic E-state index is 9.72. The largest absolute Gasteiger partial charge is 0.494 e. The zero-order valence-electron chi connectivity index (χ0n) is 15.6. The Hall–Kier alpha value is -2.58. The molecule has 0 aliphatic heterocycles. The van der Waals surface area contributed by atoms with Gasteiger partial charge in [0.1, 0.15) is 11.3 Å². The Kier molecular flexibility index (Phi) is 5.50. The van der Waals surface area contributed by atoms with Gasteiger partial charge in [-0.25, -0.2) is 4.98 Å². The zero-order valence-corrected chi connectivity index (χ0v) is 16.3. The smallest absolute Gasteiger partial charge is 0.231 e. The van der Waals surface area contributed by atoms with E-state index in [-0.39, 0.29) is 12.1 Å². The second-order valence-corrected chi connectivity index (χ2v) is 7.25. The fourth-order valence-corrected chi connectivity index (χ4v) is 3.60. The second kappa shape index (κ2) is 8.20. The van der Waals surface area contributed by atoms with Gasteiger partial charge in [0.2, 0.25) is 5.95 Å². The van der Waals surface area contributed by atoms with Crippen LogP contribution in [0.1, 0.15) is 32.6 Å². The molecule has 0 atom stereocenters. The first-order chi connectivity index (χ1) is 13.6. The number of rotatable bonds is 6. The summed E-state index contributed by atoms with van der Waals surface area (Å²) in [5.41, 5.74) is 2.02. The number of benzene rings is 1. The van der Waals surface area contributed by atoms with Gasteiger partial charge < -0.3 is 25.5 Å². The van der Waals surface area contributed by atoms with Crippen LogP contribution in [0.5, 0.6) is 5.75 Å². The Balaban J connectivity index is 1.58. The van der Waals surface area contributed by atoms with Gasteiger partial charge >= 0.3 is 0 Å². The van der Waals surface area contributed by atoms with Crippen LogP contribution in [0.25, 0.3) is 11.2 Å². The van der Waals surface area contributed by atoms with Crippen LogP contribution in [-0.2, 0) is 0 Å². The van der Waals surface area contributed by atoms with Gasteiger partial charge in [0.05, 0.1) is 29.7 Å². The summed E-state index contributed by atoms with van der Waals surface area (Å²) in [7, 11) is 0. The minimum absolute atomic E-state index is 0.201. The van der Waals surface area contributed by atoms with Crippen molar-refractivity contribution in [3.63, 3.8) is 0 Å². The van der Waals surface area contributed by atoms with Crippen LogP contribution in [0.15, 0.2) is 24.5 Å². The van der Waals surface area contributed by atoms with Crippen molar-refractivity contribution >= 4 is 40.2 Å². The van der Waals surface area contributed by atoms with Crippen LogP contribution in [0.2, 0.25) is 5.02 Å². The number of aliphatic hydroxyl groups excluding tert-OH is 1. The number of fused-ring (bicyclic) bond motifs is 1. The maximum absolute atomic E-state index is 9.72. The summed E-state index contributed by atoms with van der Waals surface area (Å²) >= 11 is 6.36. The molecule has 4 rings (SSSR count). The van der Waals surface area contributed by atoms with E-state index in [2.05, 4.69) is 30.6 Å². The Morgan fingerprint density at radius 3 is 2.82 bits per heavy atom. The van der Waals surface area contributed by atoms with Gasteiger partial charge in [-0.3, -0.25) is 0 Å². The van der Waals surface area contributed by atoms with E-state index in [1.165, 1.54) is 0 Å². The number of ether oxygens (including phenoxy) is 1. The molecule has 1 aliphatic carbocycles. The van der Waals surface area contributed by atoms with E-state index >= 15 is 0 Å². The van der Waals surface area contributed by atoms with Gasteiger partial charge in [-0.2, -0.15) is 9.97 Å². The Labute approximate surface area is 167 Å². The fraction of sp³-hybridized carbons (Fsp3) is 0.421. The van der Waals surface area contributed by atoms with Crippen molar-refractivity contribution < 1.29 is 9.84 Å². The normalized spacial score (nSPS) is 19.5. The molecule has 0 spiro atoms. The summed E-state index contributed by atoms with van der Waals surface area (Å²) in [4.78, 5) is 16.5. The highest BCUT2D eigenvalue weighted by Crippen LogP contribution is 2.30. The first-order valence-corrected chi connectivity index (χ1v) is 9.85. The molecule has 9 heteroatoms. The van der Waals surface area contributed by atoms with Crippen LogP contribution < -0.4 is 15.4 Å². The van der Waals surface area contributed by atoms with E-state index in [0.717, 1.165) is 25.7 Å². The van der Waals surface area contributed by atoms with E-state index in [1.54, 1.807) is 12.4 Å². The third kappa shape index (κ3) is 4.13. The molecule has 1 aromatic carbocycles. The quantitative estimate of drug-likeness (QED) is 0.495. The number of H-pyrrole nitrogens is 1. The van der Waals surface area contributed by atoms with E-state index in [9.17, 15) is 5.11 Å². The molecule has 4 N–H and O–H groups in total. The van der Waals surface area contributed by atoms with E-state index in [1.807, 2.05) is 19.1 Å². The van der Waals surface area contributed by atoms with Crippen molar-refractivity contribution in [3.05, 3.63) is 29.5 Å². The topological polar surface area (TPSA) is 108 Å². The lowest BCUT2D eigenvalue weighted by molar-refractivity contribution is 0.126. The minimum atomic E-state index is -0.201. The lowest BCUT2D eigenvalue weighted by atomic mass is 9.93. The standard InChI is InChI=1S/C19H23ClN6O2/c1-2-28-13-7-8-15(14(20)9-13)24-19-25-17-16(21-10-22-17)18(26-19)23-11-3-5-12(27)6-4-11/h7-12,27H,2-6H2,1H3,(H3,21,22,23,24,25,26). The molecule has 0 unspecified atom stereocenters. The molecule has 0 saturated heterocycles. The molecule has 1 aliphatic rings. The molecule has 0 radical (unpaired) electrons. The van der Waals surface area contributed by atoms with Crippen LogP contribution >= 0.6 is 11.6 Å². The summed E-state index contributed by atoms with van der Waals surface area (Å²) in [5, 5.41) is 16.9. The van der Waals surface area contributed by atoms with Gasteiger partial charge in [0.15, 0.2) is 11.5 Å². The van der Waals surface area contributed by atoms with Crippen molar-refractivity contribution in [2.45, 2.75) is 44.8 Å². The number of nitrogens with one attached hydrogen (secondary N) is 3. The van der Waals surface area contributed by atoms with Crippen LogP contribution in [-0.4, -0.2) is 43.8 Å². The second-order valence-electron chi connectivity index (χ2n) is 6.85. The zero-order chi connectivity index (χ0) is 19.5. The fourth-order valence-electron chi connectivity index (χ4n) is 3.38. The third-order valence-corrected chi connectivity index (χ3v) is 5.13. The minimum Gasteiger partial charge on any atom is -0.494 e. The predicted molar refractivity (Wildman–Crippen MR) is 109 cm³/mol. The molecule has 148 valence electrons. The molecule has 1 saturated carbocycles. The third-order valence-electron chi connectivity index (χ3n) is 4.81. The van der Waals surface area contributed by atoms with Crippen LogP contribution in [0.4, 0.5) is 17.5 Å². The maximum Gasteiger partial charge on any atom is 0.231 e. The average molecular weight is 403 g/mol. The number of imidazole rings is 1. The highest BCUT2D eigenvalue weighted by Gasteiger charge is 2.21. The number of halogens is 1. The Morgan fingerprint density at radius 2 is 2.07 bits per heavy atom. The molecule has 8 nitrogen and oxygen atoms in total. The monoisotopic (exact) mass is 402 g/mol. The molecular formula is C19H23ClN6O2. The first-order valence-electron chi connectivity index (χ1n) is 9.47. The summed E-state index contributed by atoms with van der Waals surface area (Å²) in [5.74, 6) is 1.79. The number of anilines is 3. The van der Waals surface area contributed by atoms with Gasteiger partial charge in [-0.1, -0.05) is 11.6 Å². The van der Waals surface area contributed by atoms with Gasteiger partial charge in [-0.15, -0.1) is 0 Å². The summed E-state index contributed by atoms with van der Waals surface area (Å²) in [6.07, 6.45) is 4.77. The van der Waals surface area contributed by atoms with E-state index in [0.29, 0.717) is 46.0 Å². The lowest BCUT2D eigenvalue weighted by Crippen LogP contribution is -2.28. The van der Waals surface area contributed by atoms with Gasteiger partial charge in [0.25, 0.3) is 0 Å².